The van der Waals surface area contributed by atoms with Crippen molar-refractivity contribution in [2.24, 2.45) is 0 Å². The first-order valence-electron chi connectivity index (χ1n) is 9.53. The van der Waals surface area contributed by atoms with Gasteiger partial charge >= 0.3 is 5.97 Å². The predicted molar refractivity (Wildman–Crippen MR) is 117 cm³/mol. The van der Waals surface area contributed by atoms with Crippen molar-refractivity contribution in [2.75, 3.05) is 18.8 Å². The number of benzene rings is 2. The summed E-state index contributed by atoms with van der Waals surface area (Å²) in [5, 5.41) is 3.32. The van der Waals surface area contributed by atoms with Crippen molar-refractivity contribution >= 4 is 35.2 Å². The Bertz CT molecular complexity index is 920. The molecular weight excluding hydrogens is 426 g/mol. The van der Waals surface area contributed by atoms with Gasteiger partial charge in [-0.1, -0.05) is 29.3 Å². The molecule has 0 aromatic heterocycles. The van der Waals surface area contributed by atoms with Crippen LogP contribution in [0.5, 0.6) is 5.75 Å². The average Bonchev–Trinajstić information content (AvgIpc) is 2.74. The van der Waals surface area contributed by atoms with Gasteiger partial charge in [-0.15, -0.1) is 0 Å². The maximum atomic E-state index is 12.8. The molecule has 3 rings (SSSR count). The highest BCUT2D eigenvalue weighted by atomic mass is 35.5. The Hall–Kier alpha value is -2.22. The molecule has 1 aliphatic heterocycles. The molecule has 8 heteroatoms. The lowest BCUT2D eigenvalue weighted by molar-refractivity contribution is -0.147. The number of fused-ring (bicyclic) bond motifs is 1. The van der Waals surface area contributed by atoms with Crippen LogP contribution in [0.15, 0.2) is 36.4 Å². The van der Waals surface area contributed by atoms with E-state index < -0.39 is 12.0 Å². The fourth-order valence-corrected chi connectivity index (χ4v) is 3.86. The number of carbonyl (C=O) groups is 2. The Balaban J connectivity index is 1.68. The average molecular weight is 450 g/mol. The standard InChI is InChI=1S/C22H24ClNO5S/c1-14-4-3-5-15(8-14)21(25)24-19(6-7-30-2)22(26)28-12-17-10-18(23)9-16-11-27-13-29-20(16)17/h3-5,8-10,19H,6-7,11-13H2,1-2H3,(H,24,25). The highest BCUT2D eigenvalue weighted by molar-refractivity contribution is 7.98. The van der Waals surface area contributed by atoms with Gasteiger partial charge in [0.25, 0.3) is 5.91 Å². The van der Waals surface area contributed by atoms with E-state index in [-0.39, 0.29) is 19.3 Å². The molecule has 160 valence electrons. The number of esters is 1. The molecule has 1 N–H and O–H groups in total. The normalized spacial score (nSPS) is 13.7. The van der Waals surface area contributed by atoms with E-state index in [9.17, 15) is 9.59 Å². The number of hydrogen-bond donors (Lipinski definition) is 1. The number of amides is 1. The molecule has 0 fully saturated rings. The zero-order valence-electron chi connectivity index (χ0n) is 16.9. The Labute approximate surface area is 185 Å². The monoisotopic (exact) mass is 449 g/mol. The summed E-state index contributed by atoms with van der Waals surface area (Å²) in [7, 11) is 0. The predicted octanol–water partition coefficient (Wildman–Crippen LogP) is 4.11. The fourth-order valence-electron chi connectivity index (χ4n) is 3.13. The van der Waals surface area contributed by atoms with Crippen LogP contribution in [0.1, 0.15) is 33.5 Å². The molecule has 2 aromatic rings. The lowest BCUT2D eigenvalue weighted by atomic mass is 10.1. The van der Waals surface area contributed by atoms with E-state index in [1.807, 2.05) is 25.3 Å². The smallest absolute Gasteiger partial charge is 0.329 e. The van der Waals surface area contributed by atoms with Crippen LogP contribution in [0.3, 0.4) is 0 Å². The Morgan fingerprint density at radius 1 is 1.30 bits per heavy atom. The van der Waals surface area contributed by atoms with Crippen molar-refractivity contribution in [3.05, 3.63) is 63.7 Å². The van der Waals surface area contributed by atoms with Gasteiger partial charge in [0.1, 0.15) is 18.4 Å². The SMILES string of the molecule is CSCCC(NC(=O)c1cccc(C)c1)C(=O)OCc1cc(Cl)cc2c1OCOC2. The first kappa shape index (κ1) is 22.5. The van der Waals surface area contributed by atoms with Gasteiger partial charge < -0.3 is 19.5 Å². The van der Waals surface area contributed by atoms with E-state index >= 15 is 0 Å². The van der Waals surface area contributed by atoms with Gasteiger partial charge in [0.15, 0.2) is 6.79 Å². The number of carbonyl (C=O) groups excluding carboxylic acids is 2. The van der Waals surface area contributed by atoms with Crippen LogP contribution >= 0.6 is 23.4 Å². The minimum atomic E-state index is -0.746. The topological polar surface area (TPSA) is 73.9 Å². The largest absolute Gasteiger partial charge is 0.467 e. The third-order valence-corrected chi connectivity index (χ3v) is 5.46. The van der Waals surface area contributed by atoms with Gasteiger partial charge in [-0.2, -0.15) is 11.8 Å². The highest BCUT2D eigenvalue weighted by Crippen LogP contribution is 2.32. The zero-order valence-corrected chi connectivity index (χ0v) is 18.5. The third-order valence-electron chi connectivity index (χ3n) is 4.60. The van der Waals surface area contributed by atoms with Crippen molar-refractivity contribution in [1.82, 2.24) is 5.32 Å². The summed E-state index contributed by atoms with van der Waals surface area (Å²) in [6.45, 7) is 2.44. The van der Waals surface area contributed by atoms with Crippen LogP contribution in [-0.2, 0) is 27.5 Å². The first-order chi connectivity index (χ1) is 14.5. The summed E-state index contributed by atoms with van der Waals surface area (Å²) < 4.78 is 16.4. The molecule has 1 aliphatic rings. The van der Waals surface area contributed by atoms with Crippen molar-refractivity contribution in [2.45, 2.75) is 32.6 Å². The summed E-state index contributed by atoms with van der Waals surface area (Å²) in [5.41, 5.74) is 2.96. The number of ether oxygens (including phenoxy) is 3. The van der Waals surface area contributed by atoms with Gasteiger partial charge in [-0.3, -0.25) is 4.79 Å². The molecule has 0 spiro atoms. The van der Waals surface area contributed by atoms with Crippen LogP contribution in [0, 0.1) is 6.92 Å². The van der Waals surface area contributed by atoms with Gasteiger partial charge in [0.05, 0.1) is 6.61 Å². The second-order valence-electron chi connectivity index (χ2n) is 6.95. The Kier molecular flexibility index (Phi) is 8.01. The van der Waals surface area contributed by atoms with E-state index in [4.69, 9.17) is 25.8 Å². The summed E-state index contributed by atoms with van der Waals surface area (Å²) in [5.74, 6) is 0.539. The van der Waals surface area contributed by atoms with E-state index in [0.717, 1.165) is 11.1 Å². The van der Waals surface area contributed by atoms with Crippen LogP contribution in [0.25, 0.3) is 0 Å². The van der Waals surface area contributed by atoms with Crippen LogP contribution < -0.4 is 10.1 Å². The number of aryl methyl sites for hydroxylation is 1. The number of halogens is 1. The van der Waals surface area contributed by atoms with Gasteiger partial charge in [0.2, 0.25) is 0 Å². The fraction of sp³-hybridized carbons (Fsp3) is 0.364. The molecule has 1 amide bonds. The minimum absolute atomic E-state index is 0.00217. The summed E-state index contributed by atoms with van der Waals surface area (Å²) in [4.78, 5) is 25.4. The maximum absolute atomic E-state index is 12.8. The molecule has 6 nitrogen and oxygen atoms in total. The second kappa shape index (κ2) is 10.7. The molecule has 2 aromatic carbocycles. The van der Waals surface area contributed by atoms with E-state index in [0.29, 0.717) is 40.7 Å². The highest BCUT2D eigenvalue weighted by Gasteiger charge is 2.24. The minimum Gasteiger partial charge on any atom is -0.467 e. The Morgan fingerprint density at radius 2 is 2.13 bits per heavy atom. The molecule has 1 atom stereocenters. The van der Waals surface area contributed by atoms with Gasteiger partial charge in [0, 0.05) is 21.7 Å². The first-order valence-corrected chi connectivity index (χ1v) is 11.3. The van der Waals surface area contributed by atoms with Crippen molar-refractivity contribution in [3.8, 4) is 5.75 Å². The number of hydrogen-bond acceptors (Lipinski definition) is 6. The number of nitrogens with one attached hydrogen (secondary N) is 1. The van der Waals surface area contributed by atoms with Gasteiger partial charge in [-0.05, 0) is 49.6 Å². The van der Waals surface area contributed by atoms with Crippen molar-refractivity contribution in [1.29, 1.82) is 0 Å². The molecule has 1 heterocycles. The lowest BCUT2D eigenvalue weighted by Crippen LogP contribution is -2.42. The maximum Gasteiger partial charge on any atom is 0.329 e. The van der Waals surface area contributed by atoms with Crippen molar-refractivity contribution in [3.63, 3.8) is 0 Å². The molecule has 0 bridgehead atoms. The summed E-state index contributed by atoms with van der Waals surface area (Å²) in [6.07, 6.45) is 2.41. The van der Waals surface area contributed by atoms with E-state index in [1.54, 1.807) is 36.0 Å². The summed E-state index contributed by atoms with van der Waals surface area (Å²) in [6, 6.07) is 9.96. The second-order valence-corrected chi connectivity index (χ2v) is 8.37. The zero-order chi connectivity index (χ0) is 21.5. The van der Waals surface area contributed by atoms with Crippen LogP contribution in [0.4, 0.5) is 0 Å². The molecule has 0 saturated carbocycles. The lowest BCUT2D eigenvalue weighted by Gasteiger charge is -2.22. The van der Waals surface area contributed by atoms with Gasteiger partial charge in [-0.25, -0.2) is 4.79 Å². The molecular formula is C22H24ClNO5S. The summed E-state index contributed by atoms with van der Waals surface area (Å²) >= 11 is 7.76. The van der Waals surface area contributed by atoms with Crippen LogP contribution in [-0.4, -0.2) is 36.7 Å². The molecule has 1 unspecified atom stereocenters. The number of thioether (sulfide) groups is 1. The van der Waals surface area contributed by atoms with Crippen molar-refractivity contribution < 1.29 is 23.8 Å². The van der Waals surface area contributed by atoms with E-state index in [1.165, 1.54) is 0 Å². The Morgan fingerprint density at radius 3 is 2.90 bits per heavy atom. The third kappa shape index (κ3) is 5.90. The van der Waals surface area contributed by atoms with E-state index in [2.05, 4.69) is 5.32 Å². The van der Waals surface area contributed by atoms with Crippen LogP contribution in [0.2, 0.25) is 5.02 Å². The molecule has 0 radical (unpaired) electrons. The molecule has 0 saturated heterocycles. The molecule has 0 aliphatic carbocycles. The number of rotatable bonds is 8. The quantitative estimate of drug-likeness (QED) is 0.611. The molecule has 30 heavy (non-hydrogen) atoms.